The molecule has 0 saturated carbocycles. The predicted octanol–water partition coefficient (Wildman–Crippen LogP) is 6.79. The molecule has 10 heteroatoms. The van der Waals surface area contributed by atoms with E-state index in [0.29, 0.717) is 5.56 Å². The van der Waals surface area contributed by atoms with Crippen molar-refractivity contribution < 1.29 is 13.3 Å². The van der Waals surface area contributed by atoms with Gasteiger partial charge in [0.2, 0.25) is 0 Å². The topological polar surface area (TPSA) is 107 Å². The molecule has 0 amide bonds. The van der Waals surface area contributed by atoms with Crippen LogP contribution in [0, 0.1) is 10.1 Å². The Morgan fingerprint density at radius 2 is 1.41 bits per heavy atom. The fourth-order valence-corrected chi connectivity index (χ4v) is 5.48. The quantitative estimate of drug-likeness (QED) is 0.120. The number of benzene rings is 4. The summed E-state index contributed by atoms with van der Waals surface area (Å²) in [6, 6.07) is 34.5. The summed E-state index contributed by atoms with van der Waals surface area (Å²) in [6.07, 6.45) is 1.41. The number of nitro groups is 1. The monoisotopic (exact) mass is 600 g/mol. The van der Waals surface area contributed by atoms with Gasteiger partial charge in [0, 0.05) is 21.8 Å². The lowest BCUT2D eigenvalue weighted by molar-refractivity contribution is -0.387. The van der Waals surface area contributed by atoms with Gasteiger partial charge in [-0.1, -0.05) is 88.7 Å². The van der Waals surface area contributed by atoms with Crippen molar-refractivity contribution in [2.24, 2.45) is 5.10 Å². The number of para-hydroxylation sites is 1. The third-order valence-electron chi connectivity index (χ3n) is 5.96. The minimum atomic E-state index is -4.30. The minimum Gasteiger partial charge on any atom is -0.309 e. The molecular weight excluding hydrogens is 580 g/mol. The molecule has 0 saturated heterocycles. The summed E-state index contributed by atoms with van der Waals surface area (Å²) in [5.41, 5.74) is 4.54. The Kier molecular flexibility index (Phi) is 7.40. The Morgan fingerprint density at radius 3 is 2.05 bits per heavy atom. The fourth-order valence-electron chi connectivity index (χ4n) is 4.25. The lowest BCUT2D eigenvalue weighted by atomic mass is 10.1. The maximum absolute atomic E-state index is 12.9. The number of hydrazone groups is 1. The molecule has 0 bridgehead atoms. The van der Waals surface area contributed by atoms with Crippen molar-refractivity contribution in [2.45, 2.75) is 4.90 Å². The molecule has 0 atom stereocenters. The van der Waals surface area contributed by atoms with Crippen LogP contribution in [0.2, 0.25) is 0 Å². The average Bonchev–Trinajstić information content (AvgIpc) is 3.33. The van der Waals surface area contributed by atoms with Gasteiger partial charge in [-0.3, -0.25) is 10.1 Å². The highest BCUT2D eigenvalue weighted by Gasteiger charge is 2.25. The number of hydrogen-bond acceptors (Lipinski definition) is 5. The normalized spacial score (nSPS) is 11.5. The lowest BCUT2D eigenvalue weighted by Gasteiger charge is -2.15. The largest absolute Gasteiger partial charge is 0.309 e. The molecule has 0 radical (unpaired) electrons. The summed E-state index contributed by atoms with van der Waals surface area (Å²) in [4.78, 5) is 12.3. The molecule has 1 aromatic heterocycles. The molecule has 0 unspecified atom stereocenters. The zero-order chi connectivity index (χ0) is 27.4. The van der Waals surface area contributed by atoms with Gasteiger partial charge in [0.25, 0.3) is 15.7 Å². The van der Waals surface area contributed by atoms with Crippen LogP contribution in [0.5, 0.6) is 0 Å². The van der Waals surface area contributed by atoms with Crippen molar-refractivity contribution in [2.75, 3.05) is 0 Å². The minimum absolute atomic E-state index is 0.465. The van der Waals surface area contributed by atoms with Crippen molar-refractivity contribution in [1.82, 2.24) is 9.40 Å². The van der Waals surface area contributed by atoms with Crippen molar-refractivity contribution in [3.63, 3.8) is 0 Å². The van der Waals surface area contributed by atoms with E-state index in [9.17, 15) is 18.5 Å². The van der Waals surface area contributed by atoms with Crippen molar-refractivity contribution in [3.05, 3.63) is 135 Å². The molecule has 5 aromatic rings. The molecular formula is C29H21BrN4O4S. The highest BCUT2D eigenvalue weighted by Crippen LogP contribution is 2.35. The van der Waals surface area contributed by atoms with E-state index in [4.69, 9.17) is 0 Å². The van der Waals surface area contributed by atoms with Gasteiger partial charge in [-0.05, 0) is 47.5 Å². The number of aromatic nitrogens is 1. The van der Waals surface area contributed by atoms with E-state index in [1.807, 2.05) is 91.0 Å². The smallest absolute Gasteiger partial charge is 0.289 e. The van der Waals surface area contributed by atoms with Gasteiger partial charge in [-0.25, -0.2) is 0 Å². The van der Waals surface area contributed by atoms with Gasteiger partial charge >= 0.3 is 0 Å². The first kappa shape index (κ1) is 26.1. The molecule has 0 aliphatic heterocycles. The van der Waals surface area contributed by atoms with E-state index < -0.39 is 25.5 Å². The van der Waals surface area contributed by atoms with Crippen LogP contribution < -0.4 is 4.83 Å². The van der Waals surface area contributed by atoms with Crippen LogP contribution >= 0.6 is 15.9 Å². The van der Waals surface area contributed by atoms with E-state index in [1.165, 1.54) is 24.4 Å². The number of nitro benzene ring substituents is 1. The second-order valence-electron chi connectivity index (χ2n) is 8.46. The van der Waals surface area contributed by atoms with Crippen LogP contribution in [0.1, 0.15) is 5.56 Å². The predicted molar refractivity (Wildman–Crippen MR) is 155 cm³/mol. The Balaban J connectivity index is 1.65. The molecule has 0 fully saturated rings. The van der Waals surface area contributed by atoms with Crippen molar-refractivity contribution in [3.8, 4) is 28.2 Å². The number of nitrogens with one attached hydrogen (secondary N) is 1. The van der Waals surface area contributed by atoms with E-state index >= 15 is 0 Å². The summed E-state index contributed by atoms with van der Waals surface area (Å²) >= 11 is 3.50. The third kappa shape index (κ3) is 5.52. The summed E-state index contributed by atoms with van der Waals surface area (Å²) in [5.74, 6) is 0. The van der Waals surface area contributed by atoms with Gasteiger partial charge in [0.1, 0.15) is 0 Å². The first-order valence-electron chi connectivity index (χ1n) is 11.8. The molecule has 39 heavy (non-hydrogen) atoms. The van der Waals surface area contributed by atoms with Crippen LogP contribution in [0.25, 0.3) is 28.2 Å². The van der Waals surface area contributed by atoms with Crippen LogP contribution in [-0.2, 0) is 10.0 Å². The Bertz CT molecular complexity index is 1770. The van der Waals surface area contributed by atoms with Crippen LogP contribution in [0.4, 0.5) is 5.69 Å². The maximum Gasteiger partial charge on any atom is 0.289 e. The Morgan fingerprint density at radius 1 is 0.821 bits per heavy atom. The van der Waals surface area contributed by atoms with E-state index in [0.717, 1.165) is 38.7 Å². The Labute approximate surface area is 233 Å². The molecule has 5 rings (SSSR count). The number of rotatable bonds is 8. The summed E-state index contributed by atoms with van der Waals surface area (Å²) in [6.45, 7) is 0. The van der Waals surface area contributed by atoms with Gasteiger partial charge < -0.3 is 4.57 Å². The summed E-state index contributed by atoms with van der Waals surface area (Å²) in [7, 11) is -4.30. The zero-order valence-electron chi connectivity index (χ0n) is 20.3. The second-order valence-corrected chi connectivity index (χ2v) is 11.0. The molecule has 8 nitrogen and oxygen atoms in total. The molecule has 0 aliphatic carbocycles. The van der Waals surface area contributed by atoms with Crippen LogP contribution in [0.3, 0.4) is 0 Å². The average molecular weight is 601 g/mol. The maximum atomic E-state index is 12.9. The highest BCUT2D eigenvalue weighted by molar-refractivity contribution is 9.10. The molecule has 1 heterocycles. The summed E-state index contributed by atoms with van der Waals surface area (Å²) in [5, 5.41) is 15.4. The highest BCUT2D eigenvalue weighted by atomic mass is 79.9. The number of halogens is 1. The van der Waals surface area contributed by atoms with Gasteiger partial charge in [-0.15, -0.1) is 0 Å². The summed E-state index contributed by atoms with van der Waals surface area (Å²) < 4.78 is 28.9. The van der Waals surface area contributed by atoms with Gasteiger partial charge in [0.15, 0.2) is 4.90 Å². The van der Waals surface area contributed by atoms with Crippen LogP contribution in [0.15, 0.2) is 130 Å². The van der Waals surface area contributed by atoms with E-state index in [2.05, 4.69) is 30.4 Å². The standard InChI is InChI=1S/C29H21BrN4O4S/c30-24-15-17-25(18-16-24)33-27(21-9-3-1-4-10-21)19-23(29(33)22-11-5-2-6-12-22)20-31-32-39(37,38)28-14-8-7-13-26(28)34(35)36/h1-20,32H/b31-20+. The van der Waals surface area contributed by atoms with E-state index in [1.54, 1.807) is 0 Å². The number of nitrogens with zero attached hydrogens (tertiary/aromatic N) is 3. The molecule has 194 valence electrons. The van der Waals surface area contributed by atoms with Gasteiger partial charge in [-0.2, -0.15) is 18.4 Å². The fraction of sp³-hybridized carbons (Fsp3) is 0. The first-order chi connectivity index (χ1) is 18.8. The lowest BCUT2D eigenvalue weighted by Crippen LogP contribution is -2.19. The molecule has 1 N–H and O–H groups in total. The molecule has 0 spiro atoms. The first-order valence-corrected chi connectivity index (χ1v) is 14.0. The van der Waals surface area contributed by atoms with E-state index in [-0.39, 0.29) is 0 Å². The SMILES string of the molecule is O=[N+]([O-])c1ccccc1S(=O)(=O)N/N=C/c1cc(-c2ccccc2)n(-c2ccc(Br)cc2)c1-c1ccccc1. The Hall–Kier alpha value is -4.54. The molecule has 0 aliphatic rings. The van der Waals surface area contributed by atoms with Crippen LogP contribution in [-0.4, -0.2) is 24.1 Å². The molecule has 4 aromatic carbocycles. The third-order valence-corrected chi connectivity index (χ3v) is 7.76. The zero-order valence-corrected chi connectivity index (χ0v) is 22.7. The van der Waals surface area contributed by atoms with Crippen molar-refractivity contribution >= 4 is 37.9 Å². The number of sulfonamides is 1. The number of hydrogen-bond donors (Lipinski definition) is 1. The van der Waals surface area contributed by atoms with Crippen molar-refractivity contribution in [1.29, 1.82) is 0 Å². The second kappa shape index (κ2) is 11.1. The van der Waals surface area contributed by atoms with Gasteiger partial charge in [0.05, 0.1) is 22.5 Å².